The Bertz CT molecular complexity index is 271. The minimum Gasteiger partial charge on any atom is -0.353 e. The average Bonchev–Trinajstić information content (AvgIpc) is 2.25. The topological polar surface area (TPSA) is 92.5 Å². The van der Waals surface area contributed by atoms with Gasteiger partial charge in [-0.3, -0.25) is 14.4 Å². The van der Waals surface area contributed by atoms with Gasteiger partial charge in [0.2, 0.25) is 11.8 Å². The highest BCUT2D eigenvalue weighted by molar-refractivity contribution is 6.19. The summed E-state index contributed by atoms with van der Waals surface area (Å²) in [5, 5.41) is 2.51. The number of carbonyl (C=O) groups is 3. The molecule has 0 atom stereocenters. The van der Waals surface area contributed by atoms with Crippen LogP contribution >= 0.6 is 0 Å². The summed E-state index contributed by atoms with van der Waals surface area (Å²) in [5.74, 6) is -0.757. The molecule has 0 saturated heterocycles. The van der Waals surface area contributed by atoms with Crippen molar-refractivity contribution in [3.8, 4) is 0 Å². The van der Waals surface area contributed by atoms with Crippen LogP contribution < -0.4 is 11.1 Å². The highest BCUT2D eigenvalue weighted by Gasteiger charge is 2.12. The first kappa shape index (κ1) is 14.6. The van der Waals surface area contributed by atoms with Gasteiger partial charge in [0, 0.05) is 13.1 Å². The van der Waals surface area contributed by atoms with E-state index in [0.29, 0.717) is 0 Å². The fraction of sp³-hybridized carbons (Fsp3) is 0.667. The number of nitrogens with two attached hydrogens (primary N) is 1. The van der Waals surface area contributed by atoms with E-state index in [1.165, 1.54) is 11.8 Å². The Balaban J connectivity index is 4.06. The lowest BCUT2D eigenvalue weighted by Gasteiger charge is -2.21. The van der Waals surface area contributed by atoms with E-state index in [4.69, 9.17) is 13.6 Å². The molecular formula is C9H16BN3O3. The molecule has 2 amide bonds. The van der Waals surface area contributed by atoms with Gasteiger partial charge in [-0.15, -0.1) is 0 Å². The molecule has 0 aliphatic carbocycles. The molecule has 0 rings (SSSR count). The summed E-state index contributed by atoms with van der Waals surface area (Å²) in [5.41, 5.74) is 5.09. The van der Waals surface area contributed by atoms with Crippen molar-refractivity contribution in [1.82, 2.24) is 10.2 Å². The van der Waals surface area contributed by atoms with Crippen LogP contribution in [0.2, 0.25) is 6.32 Å². The summed E-state index contributed by atoms with van der Waals surface area (Å²) in [4.78, 5) is 34.3. The van der Waals surface area contributed by atoms with Gasteiger partial charge in [0.15, 0.2) is 0 Å². The molecule has 0 bridgehead atoms. The van der Waals surface area contributed by atoms with E-state index in [2.05, 4.69) is 5.32 Å². The minimum absolute atomic E-state index is 0.00846. The van der Waals surface area contributed by atoms with Gasteiger partial charge < -0.3 is 16.0 Å². The van der Waals surface area contributed by atoms with E-state index in [0.717, 1.165) is 0 Å². The van der Waals surface area contributed by atoms with E-state index in [1.54, 1.807) is 0 Å². The van der Waals surface area contributed by atoms with Crippen molar-refractivity contribution in [3.05, 3.63) is 0 Å². The average molecular weight is 225 g/mol. The summed E-state index contributed by atoms with van der Waals surface area (Å²) in [6, 6.07) is 0. The molecule has 2 radical (unpaired) electrons. The van der Waals surface area contributed by atoms with Crippen LogP contribution in [0.25, 0.3) is 0 Å². The maximum atomic E-state index is 11.3. The van der Waals surface area contributed by atoms with Gasteiger partial charge in [-0.05, 0) is 13.2 Å². The second kappa shape index (κ2) is 7.87. The van der Waals surface area contributed by atoms with Crippen molar-refractivity contribution < 1.29 is 14.4 Å². The maximum absolute atomic E-state index is 11.3. The maximum Gasteiger partial charge on any atom is 0.233 e. The Labute approximate surface area is 95.9 Å². The van der Waals surface area contributed by atoms with Crippen LogP contribution in [0.4, 0.5) is 0 Å². The first-order chi connectivity index (χ1) is 7.51. The molecular weight excluding hydrogens is 209 g/mol. The van der Waals surface area contributed by atoms with Crippen molar-refractivity contribution >= 4 is 25.4 Å². The second-order valence-electron chi connectivity index (χ2n) is 3.28. The minimum atomic E-state index is -0.322. The SMILES string of the molecule is [B]CC(=O)N(CCNC(=O)CN)CC(C)=O. The normalized spacial score (nSPS) is 9.62. The Morgan fingerprint density at radius 1 is 1.38 bits per heavy atom. The van der Waals surface area contributed by atoms with Gasteiger partial charge in [-0.1, -0.05) is 0 Å². The molecule has 88 valence electrons. The third-order valence-corrected chi connectivity index (χ3v) is 1.83. The standard InChI is InChI=1S/C9H16BN3O3/c1-7(14)6-13(9(16)4-10)3-2-12-8(15)5-11/h2-6,11H2,1H3,(H,12,15). The summed E-state index contributed by atoms with van der Waals surface area (Å²) in [6.45, 7) is 1.80. The smallest absolute Gasteiger partial charge is 0.233 e. The largest absolute Gasteiger partial charge is 0.353 e. The summed E-state index contributed by atoms with van der Waals surface area (Å²) < 4.78 is 0. The number of rotatable bonds is 7. The monoisotopic (exact) mass is 225 g/mol. The summed E-state index contributed by atoms with van der Waals surface area (Å²) in [6.07, 6.45) is -0.155. The van der Waals surface area contributed by atoms with E-state index < -0.39 is 0 Å². The molecule has 7 heteroatoms. The van der Waals surface area contributed by atoms with Crippen LogP contribution in [-0.2, 0) is 14.4 Å². The lowest BCUT2D eigenvalue weighted by atomic mass is 10.0. The lowest BCUT2D eigenvalue weighted by molar-refractivity contribution is -0.133. The number of ketones is 1. The molecule has 0 aliphatic heterocycles. The molecule has 0 heterocycles. The quantitative estimate of drug-likeness (QED) is 0.493. The number of Topliss-reactive ketones (excluding diaryl/α,β-unsaturated/α-hetero) is 1. The van der Waals surface area contributed by atoms with Crippen molar-refractivity contribution in [2.75, 3.05) is 26.2 Å². The molecule has 6 nitrogen and oxygen atoms in total. The molecule has 0 aromatic heterocycles. The summed E-state index contributed by atoms with van der Waals surface area (Å²) >= 11 is 0. The number of carbonyl (C=O) groups excluding carboxylic acids is 3. The van der Waals surface area contributed by atoms with E-state index in [-0.39, 0.29) is 50.1 Å². The van der Waals surface area contributed by atoms with Crippen molar-refractivity contribution in [2.24, 2.45) is 5.73 Å². The molecule has 3 N–H and O–H groups in total. The van der Waals surface area contributed by atoms with Crippen molar-refractivity contribution in [3.63, 3.8) is 0 Å². The van der Waals surface area contributed by atoms with E-state index in [9.17, 15) is 14.4 Å². The van der Waals surface area contributed by atoms with Gasteiger partial charge in [0.25, 0.3) is 0 Å². The lowest BCUT2D eigenvalue weighted by Crippen LogP contribution is -2.41. The highest BCUT2D eigenvalue weighted by atomic mass is 16.2. The predicted molar refractivity (Wildman–Crippen MR) is 59.9 cm³/mol. The van der Waals surface area contributed by atoms with Crippen LogP contribution in [0.15, 0.2) is 0 Å². The molecule has 0 saturated carbocycles. The van der Waals surface area contributed by atoms with E-state index >= 15 is 0 Å². The Morgan fingerprint density at radius 2 is 2.00 bits per heavy atom. The zero-order valence-corrected chi connectivity index (χ0v) is 9.36. The first-order valence-electron chi connectivity index (χ1n) is 4.95. The highest BCUT2D eigenvalue weighted by Crippen LogP contribution is 1.93. The first-order valence-corrected chi connectivity index (χ1v) is 4.95. The zero-order valence-electron chi connectivity index (χ0n) is 9.36. The molecule has 0 aromatic rings. The van der Waals surface area contributed by atoms with Gasteiger partial charge in [-0.25, -0.2) is 0 Å². The van der Waals surface area contributed by atoms with Crippen LogP contribution in [0.1, 0.15) is 6.92 Å². The van der Waals surface area contributed by atoms with Gasteiger partial charge >= 0.3 is 0 Å². The molecule has 16 heavy (non-hydrogen) atoms. The number of amides is 2. The molecule has 0 unspecified atom stereocenters. The van der Waals surface area contributed by atoms with Crippen LogP contribution in [0.5, 0.6) is 0 Å². The van der Waals surface area contributed by atoms with Crippen molar-refractivity contribution in [1.29, 1.82) is 0 Å². The fourth-order valence-electron chi connectivity index (χ4n) is 1.09. The number of hydrogen-bond donors (Lipinski definition) is 2. The van der Waals surface area contributed by atoms with Crippen molar-refractivity contribution in [2.45, 2.75) is 13.2 Å². The van der Waals surface area contributed by atoms with Gasteiger partial charge in [0.1, 0.15) is 5.78 Å². The Kier molecular flexibility index (Phi) is 7.19. The third kappa shape index (κ3) is 6.18. The second-order valence-corrected chi connectivity index (χ2v) is 3.28. The third-order valence-electron chi connectivity index (χ3n) is 1.83. The number of nitrogens with one attached hydrogen (secondary N) is 1. The number of nitrogens with zero attached hydrogens (tertiary/aromatic N) is 1. The molecule has 0 aromatic carbocycles. The van der Waals surface area contributed by atoms with Crippen LogP contribution in [0, 0.1) is 0 Å². The fourth-order valence-corrected chi connectivity index (χ4v) is 1.09. The van der Waals surface area contributed by atoms with Gasteiger partial charge in [-0.2, -0.15) is 0 Å². The Hall–Kier alpha value is -1.37. The van der Waals surface area contributed by atoms with Crippen LogP contribution in [-0.4, -0.2) is 56.5 Å². The number of hydrogen-bond acceptors (Lipinski definition) is 4. The molecule has 0 fully saturated rings. The predicted octanol–water partition coefficient (Wildman–Crippen LogP) is -1.93. The Morgan fingerprint density at radius 3 is 2.44 bits per heavy atom. The molecule has 0 spiro atoms. The van der Waals surface area contributed by atoms with Crippen LogP contribution in [0.3, 0.4) is 0 Å². The zero-order chi connectivity index (χ0) is 12.6. The van der Waals surface area contributed by atoms with Gasteiger partial charge in [0.05, 0.1) is 20.9 Å². The molecule has 0 aliphatic rings. The summed E-state index contributed by atoms with van der Waals surface area (Å²) in [7, 11) is 5.20. The van der Waals surface area contributed by atoms with E-state index in [1.807, 2.05) is 0 Å².